The fraction of sp³-hybridized carbons (Fsp3) is 0.421. The Balaban J connectivity index is 1.46. The molecule has 0 bridgehead atoms. The minimum absolute atomic E-state index is 0.0891. The molecule has 3 heterocycles. The first kappa shape index (κ1) is 16.8. The van der Waals surface area contributed by atoms with Crippen LogP contribution in [0.25, 0.3) is 11.1 Å². The van der Waals surface area contributed by atoms with Crippen molar-refractivity contribution in [2.24, 2.45) is 5.92 Å². The van der Waals surface area contributed by atoms with Crippen molar-refractivity contribution in [1.82, 2.24) is 14.8 Å². The molecule has 1 saturated heterocycles. The van der Waals surface area contributed by atoms with Crippen molar-refractivity contribution >= 4 is 17.1 Å². The third-order valence-electron chi connectivity index (χ3n) is 4.63. The average molecular weight is 356 g/mol. The van der Waals surface area contributed by atoms with Crippen LogP contribution in [0, 0.1) is 11.7 Å². The SMILES string of the molecule is CC(C)(C)c1ccc(=O)n(CC2CN(c3nc4ccc(F)cc4o3)C2)n1. The first-order valence-corrected chi connectivity index (χ1v) is 8.69. The predicted molar refractivity (Wildman–Crippen MR) is 96.9 cm³/mol. The van der Waals surface area contributed by atoms with Crippen LogP contribution >= 0.6 is 0 Å². The van der Waals surface area contributed by atoms with Crippen LogP contribution in [0.1, 0.15) is 26.5 Å². The lowest BCUT2D eigenvalue weighted by Gasteiger charge is -2.38. The lowest BCUT2D eigenvalue weighted by molar-refractivity contribution is 0.315. The smallest absolute Gasteiger partial charge is 0.298 e. The van der Waals surface area contributed by atoms with Gasteiger partial charge in [0, 0.05) is 36.6 Å². The summed E-state index contributed by atoms with van der Waals surface area (Å²) >= 11 is 0. The topological polar surface area (TPSA) is 64.2 Å². The summed E-state index contributed by atoms with van der Waals surface area (Å²) in [7, 11) is 0. The van der Waals surface area contributed by atoms with E-state index >= 15 is 0 Å². The molecule has 0 amide bonds. The minimum atomic E-state index is -0.342. The van der Waals surface area contributed by atoms with Gasteiger partial charge in [-0.25, -0.2) is 9.07 Å². The van der Waals surface area contributed by atoms with Gasteiger partial charge in [-0.1, -0.05) is 20.8 Å². The molecule has 6 nitrogen and oxygen atoms in total. The molecule has 1 aliphatic heterocycles. The summed E-state index contributed by atoms with van der Waals surface area (Å²) in [5, 5.41) is 4.51. The van der Waals surface area contributed by atoms with E-state index in [0.29, 0.717) is 29.6 Å². The molecular formula is C19H21FN4O2. The number of anilines is 1. The maximum Gasteiger partial charge on any atom is 0.298 e. The first-order valence-electron chi connectivity index (χ1n) is 8.69. The summed E-state index contributed by atoms with van der Waals surface area (Å²) in [5.41, 5.74) is 1.79. The maximum atomic E-state index is 13.3. The molecule has 4 rings (SSSR count). The molecule has 0 radical (unpaired) electrons. The molecule has 0 atom stereocenters. The lowest BCUT2D eigenvalue weighted by atomic mass is 9.92. The van der Waals surface area contributed by atoms with Gasteiger partial charge >= 0.3 is 0 Å². The number of rotatable bonds is 3. The van der Waals surface area contributed by atoms with Crippen molar-refractivity contribution in [1.29, 1.82) is 0 Å². The molecule has 0 aliphatic carbocycles. The molecule has 136 valence electrons. The standard InChI is InChI=1S/C19H21FN4O2/c1-19(2,3)16-6-7-17(25)24(22-16)11-12-9-23(10-12)18-21-14-5-4-13(20)8-15(14)26-18/h4-8,12H,9-11H2,1-3H3. The van der Waals surface area contributed by atoms with Gasteiger partial charge in [0.1, 0.15) is 11.3 Å². The molecule has 0 unspecified atom stereocenters. The van der Waals surface area contributed by atoms with Crippen LogP contribution in [0.5, 0.6) is 0 Å². The van der Waals surface area contributed by atoms with Crippen LogP contribution in [-0.2, 0) is 12.0 Å². The number of fused-ring (bicyclic) bond motifs is 1. The van der Waals surface area contributed by atoms with E-state index in [0.717, 1.165) is 18.8 Å². The van der Waals surface area contributed by atoms with Crippen molar-refractivity contribution in [2.75, 3.05) is 18.0 Å². The zero-order chi connectivity index (χ0) is 18.5. The number of oxazole rings is 1. The molecule has 1 aromatic carbocycles. The molecule has 7 heteroatoms. The van der Waals surface area contributed by atoms with Gasteiger partial charge in [0.2, 0.25) is 0 Å². The largest absolute Gasteiger partial charge is 0.423 e. The highest BCUT2D eigenvalue weighted by Crippen LogP contribution is 2.28. The summed E-state index contributed by atoms with van der Waals surface area (Å²) in [6, 6.07) is 8.18. The van der Waals surface area contributed by atoms with Crippen molar-refractivity contribution < 1.29 is 8.81 Å². The Kier molecular flexibility index (Phi) is 3.82. The van der Waals surface area contributed by atoms with Gasteiger partial charge in [0.25, 0.3) is 11.6 Å². The van der Waals surface area contributed by atoms with Crippen LogP contribution in [0.4, 0.5) is 10.4 Å². The summed E-state index contributed by atoms with van der Waals surface area (Å²) in [6.07, 6.45) is 0. The Morgan fingerprint density at radius 3 is 2.73 bits per heavy atom. The van der Waals surface area contributed by atoms with E-state index in [1.54, 1.807) is 22.9 Å². The minimum Gasteiger partial charge on any atom is -0.423 e. The van der Waals surface area contributed by atoms with Crippen LogP contribution in [0.3, 0.4) is 0 Å². The Bertz CT molecular complexity index is 1010. The van der Waals surface area contributed by atoms with Crippen molar-refractivity contribution in [3.63, 3.8) is 0 Å². The second kappa shape index (κ2) is 5.93. The average Bonchev–Trinajstić information content (AvgIpc) is 2.93. The number of hydrogen-bond acceptors (Lipinski definition) is 5. The van der Waals surface area contributed by atoms with E-state index in [9.17, 15) is 9.18 Å². The lowest BCUT2D eigenvalue weighted by Crippen LogP contribution is -2.50. The summed E-state index contributed by atoms with van der Waals surface area (Å²) in [4.78, 5) is 18.5. The fourth-order valence-corrected chi connectivity index (χ4v) is 3.09. The molecule has 0 spiro atoms. The normalized spacial score (nSPS) is 15.5. The highest BCUT2D eigenvalue weighted by atomic mass is 19.1. The molecular weight excluding hydrogens is 335 g/mol. The van der Waals surface area contributed by atoms with Crippen LogP contribution in [0.15, 0.2) is 39.5 Å². The summed E-state index contributed by atoms with van der Waals surface area (Å²) in [6.45, 7) is 8.24. The number of aromatic nitrogens is 3. The Morgan fingerprint density at radius 2 is 2.00 bits per heavy atom. The fourth-order valence-electron chi connectivity index (χ4n) is 3.09. The van der Waals surface area contributed by atoms with Gasteiger partial charge in [-0.2, -0.15) is 10.1 Å². The van der Waals surface area contributed by atoms with Crippen LogP contribution in [0.2, 0.25) is 0 Å². The molecule has 1 aliphatic rings. The monoisotopic (exact) mass is 356 g/mol. The van der Waals surface area contributed by atoms with Gasteiger partial charge < -0.3 is 9.32 Å². The van der Waals surface area contributed by atoms with E-state index in [4.69, 9.17) is 4.42 Å². The third kappa shape index (κ3) is 3.09. The third-order valence-corrected chi connectivity index (χ3v) is 4.63. The summed E-state index contributed by atoms with van der Waals surface area (Å²) < 4.78 is 20.4. The zero-order valence-corrected chi connectivity index (χ0v) is 15.1. The molecule has 1 fully saturated rings. The van der Waals surface area contributed by atoms with E-state index in [1.807, 2.05) is 4.90 Å². The highest BCUT2D eigenvalue weighted by molar-refractivity contribution is 5.74. The van der Waals surface area contributed by atoms with Crippen molar-refractivity contribution in [2.45, 2.75) is 32.7 Å². The van der Waals surface area contributed by atoms with Crippen molar-refractivity contribution in [3.8, 4) is 0 Å². The van der Waals surface area contributed by atoms with E-state index < -0.39 is 0 Å². The van der Waals surface area contributed by atoms with Gasteiger partial charge in [-0.15, -0.1) is 0 Å². The number of halogens is 1. The number of benzene rings is 1. The molecule has 26 heavy (non-hydrogen) atoms. The van der Waals surface area contributed by atoms with Crippen LogP contribution < -0.4 is 10.5 Å². The Hall–Kier alpha value is -2.70. The van der Waals surface area contributed by atoms with E-state index in [-0.39, 0.29) is 16.8 Å². The van der Waals surface area contributed by atoms with E-state index in [2.05, 4.69) is 30.9 Å². The Morgan fingerprint density at radius 1 is 1.23 bits per heavy atom. The van der Waals surface area contributed by atoms with Crippen LogP contribution in [-0.4, -0.2) is 27.9 Å². The Labute approximate surface area is 150 Å². The number of hydrogen-bond donors (Lipinski definition) is 0. The highest BCUT2D eigenvalue weighted by Gasteiger charge is 2.31. The maximum absolute atomic E-state index is 13.3. The van der Waals surface area contributed by atoms with Gasteiger partial charge in [0.05, 0.1) is 12.2 Å². The quantitative estimate of drug-likeness (QED) is 0.722. The summed E-state index contributed by atoms with van der Waals surface area (Å²) in [5.74, 6) is -0.0481. The first-order chi connectivity index (χ1) is 12.3. The second-order valence-electron chi connectivity index (χ2n) is 7.87. The molecule has 2 aromatic heterocycles. The zero-order valence-electron chi connectivity index (χ0n) is 15.1. The second-order valence-corrected chi connectivity index (χ2v) is 7.87. The van der Waals surface area contributed by atoms with Gasteiger partial charge in [-0.3, -0.25) is 4.79 Å². The molecule has 3 aromatic rings. The molecule has 0 N–H and O–H groups in total. The molecule has 0 saturated carbocycles. The van der Waals surface area contributed by atoms with Gasteiger partial charge in [0.15, 0.2) is 5.58 Å². The van der Waals surface area contributed by atoms with E-state index in [1.165, 1.54) is 12.1 Å². The van der Waals surface area contributed by atoms with Crippen molar-refractivity contribution in [3.05, 3.63) is 52.2 Å². The number of nitrogens with zero attached hydrogens (tertiary/aromatic N) is 4. The van der Waals surface area contributed by atoms with Gasteiger partial charge in [-0.05, 0) is 18.2 Å². The predicted octanol–water partition coefficient (Wildman–Crippen LogP) is 2.96.